The maximum absolute atomic E-state index is 11.6. The summed E-state index contributed by atoms with van der Waals surface area (Å²) in [6.45, 7) is 0.0207. The lowest BCUT2D eigenvalue weighted by Crippen LogP contribution is -2.25. The minimum Gasteiger partial charge on any atom is -0.345 e. The molecule has 0 saturated carbocycles. The zero-order valence-electron chi connectivity index (χ0n) is 9.31. The third-order valence-electron chi connectivity index (χ3n) is 2.97. The first-order chi connectivity index (χ1) is 8.24. The molecule has 1 aliphatic rings. The van der Waals surface area contributed by atoms with E-state index in [4.69, 9.17) is 0 Å². The Morgan fingerprint density at radius 1 is 1.29 bits per heavy atom. The van der Waals surface area contributed by atoms with E-state index in [-0.39, 0.29) is 18.4 Å². The van der Waals surface area contributed by atoms with Gasteiger partial charge in [-0.25, -0.2) is 0 Å². The fourth-order valence-electron chi connectivity index (χ4n) is 2.13. The highest BCUT2D eigenvalue weighted by atomic mass is 16.2. The van der Waals surface area contributed by atoms with Crippen molar-refractivity contribution in [2.24, 2.45) is 5.92 Å². The summed E-state index contributed by atoms with van der Waals surface area (Å²) in [5.41, 5.74) is 2.73. The number of aldehydes is 2. The first-order valence-corrected chi connectivity index (χ1v) is 5.53. The maximum atomic E-state index is 11.6. The summed E-state index contributed by atoms with van der Waals surface area (Å²) < 4.78 is 0. The van der Waals surface area contributed by atoms with E-state index in [9.17, 15) is 14.4 Å². The van der Waals surface area contributed by atoms with Gasteiger partial charge < -0.3 is 14.9 Å². The Morgan fingerprint density at radius 2 is 2.06 bits per heavy atom. The number of rotatable bonds is 4. The molecule has 0 saturated heterocycles. The summed E-state index contributed by atoms with van der Waals surface area (Å²) in [6.07, 6.45) is 3.07. The molecule has 1 N–H and O–H groups in total. The van der Waals surface area contributed by atoms with E-state index in [2.05, 4.69) is 5.32 Å². The van der Waals surface area contributed by atoms with Crippen molar-refractivity contribution in [2.45, 2.75) is 12.8 Å². The van der Waals surface area contributed by atoms with Crippen LogP contribution in [0.15, 0.2) is 18.2 Å². The largest absolute Gasteiger partial charge is 0.345 e. The second-order valence-corrected chi connectivity index (χ2v) is 4.16. The molecule has 88 valence electrons. The van der Waals surface area contributed by atoms with E-state index in [0.717, 1.165) is 23.8 Å². The third kappa shape index (κ3) is 2.41. The Balaban J connectivity index is 2.15. The van der Waals surface area contributed by atoms with E-state index in [1.54, 1.807) is 12.1 Å². The van der Waals surface area contributed by atoms with Gasteiger partial charge in [-0.1, -0.05) is 6.07 Å². The Bertz CT molecular complexity index is 468. The predicted octanol–water partition coefficient (Wildman–Crippen LogP) is 0.529. The molecular weight excluding hydrogens is 218 g/mol. The molecule has 2 rings (SSSR count). The van der Waals surface area contributed by atoms with E-state index in [1.807, 2.05) is 6.07 Å². The highest BCUT2D eigenvalue weighted by Crippen LogP contribution is 2.26. The van der Waals surface area contributed by atoms with Crippen LogP contribution in [-0.4, -0.2) is 25.0 Å². The molecular formula is C13H13NO3. The molecule has 1 aromatic rings. The monoisotopic (exact) mass is 231 g/mol. The molecule has 17 heavy (non-hydrogen) atoms. The summed E-state index contributed by atoms with van der Waals surface area (Å²) in [5.74, 6) is -0.215. The highest BCUT2D eigenvalue weighted by molar-refractivity contribution is 5.95. The van der Waals surface area contributed by atoms with Crippen LogP contribution < -0.4 is 5.32 Å². The lowest BCUT2D eigenvalue weighted by Gasteiger charge is -2.04. The lowest BCUT2D eigenvalue weighted by atomic mass is 10.1. The summed E-state index contributed by atoms with van der Waals surface area (Å²) in [5, 5.41) is 2.49. The van der Waals surface area contributed by atoms with Crippen LogP contribution in [0.2, 0.25) is 0 Å². The van der Waals surface area contributed by atoms with Gasteiger partial charge in [-0.05, 0) is 36.1 Å². The molecule has 0 heterocycles. The number of hydrogen-bond acceptors (Lipinski definition) is 3. The van der Waals surface area contributed by atoms with Gasteiger partial charge in [0.1, 0.15) is 12.6 Å². The molecule has 1 aliphatic carbocycles. The smallest absolute Gasteiger partial charge is 0.251 e. The number of benzene rings is 1. The summed E-state index contributed by atoms with van der Waals surface area (Å²) >= 11 is 0. The van der Waals surface area contributed by atoms with Gasteiger partial charge in [0.15, 0.2) is 0 Å². The van der Waals surface area contributed by atoms with E-state index in [1.165, 1.54) is 0 Å². The topological polar surface area (TPSA) is 63.2 Å². The normalized spacial score (nSPS) is 17.3. The number of fused-ring (bicyclic) bond motifs is 1. The van der Waals surface area contributed by atoms with Crippen molar-refractivity contribution < 1.29 is 14.4 Å². The summed E-state index contributed by atoms with van der Waals surface area (Å²) in [7, 11) is 0. The number of hydrogen-bond donors (Lipinski definition) is 1. The van der Waals surface area contributed by atoms with Gasteiger partial charge in [0, 0.05) is 11.5 Å². The molecule has 1 amide bonds. The highest BCUT2D eigenvalue weighted by Gasteiger charge is 2.21. The van der Waals surface area contributed by atoms with Crippen molar-refractivity contribution in [1.29, 1.82) is 0 Å². The molecule has 0 spiro atoms. The molecule has 0 aromatic heterocycles. The van der Waals surface area contributed by atoms with Gasteiger partial charge in [-0.2, -0.15) is 0 Å². The van der Waals surface area contributed by atoms with Crippen molar-refractivity contribution in [1.82, 2.24) is 5.32 Å². The number of carbonyl (C=O) groups excluding carboxylic acids is 3. The van der Waals surface area contributed by atoms with E-state index >= 15 is 0 Å². The maximum Gasteiger partial charge on any atom is 0.251 e. The minimum atomic E-state index is -0.255. The first-order valence-electron chi connectivity index (χ1n) is 5.53. The Labute approximate surface area is 99.0 Å². The SMILES string of the molecule is O=CCNC(=O)c1ccc2c(c1)CC(C=O)C2. The van der Waals surface area contributed by atoms with E-state index in [0.29, 0.717) is 18.3 Å². The summed E-state index contributed by atoms with van der Waals surface area (Å²) in [6, 6.07) is 5.42. The van der Waals surface area contributed by atoms with Crippen molar-refractivity contribution in [3.63, 3.8) is 0 Å². The van der Waals surface area contributed by atoms with Crippen LogP contribution in [0.3, 0.4) is 0 Å². The average Bonchev–Trinajstić information content (AvgIpc) is 2.77. The van der Waals surface area contributed by atoms with Crippen molar-refractivity contribution in [2.75, 3.05) is 6.54 Å². The zero-order chi connectivity index (χ0) is 12.3. The minimum absolute atomic E-state index is 0.0207. The van der Waals surface area contributed by atoms with Gasteiger partial charge in [0.05, 0.1) is 6.54 Å². The number of carbonyl (C=O) groups is 3. The Kier molecular flexibility index (Phi) is 3.32. The quantitative estimate of drug-likeness (QED) is 0.769. The van der Waals surface area contributed by atoms with Crippen molar-refractivity contribution >= 4 is 18.5 Å². The van der Waals surface area contributed by atoms with Crippen LogP contribution >= 0.6 is 0 Å². The van der Waals surface area contributed by atoms with Crippen LogP contribution in [0.5, 0.6) is 0 Å². The van der Waals surface area contributed by atoms with Crippen LogP contribution in [0, 0.1) is 5.92 Å². The van der Waals surface area contributed by atoms with Crippen LogP contribution in [0.1, 0.15) is 21.5 Å². The fourth-order valence-corrected chi connectivity index (χ4v) is 2.13. The summed E-state index contributed by atoms with van der Waals surface area (Å²) in [4.78, 5) is 32.5. The first kappa shape index (κ1) is 11.5. The van der Waals surface area contributed by atoms with Gasteiger partial charge in [-0.3, -0.25) is 4.79 Å². The van der Waals surface area contributed by atoms with Gasteiger partial charge in [-0.15, -0.1) is 0 Å². The average molecular weight is 231 g/mol. The zero-order valence-corrected chi connectivity index (χ0v) is 9.31. The molecule has 4 nitrogen and oxygen atoms in total. The van der Waals surface area contributed by atoms with Crippen molar-refractivity contribution in [3.05, 3.63) is 34.9 Å². The second-order valence-electron chi connectivity index (χ2n) is 4.16. The van der Waals surface area contributed by atoms with Gasteiger partial charge >= 0.3 is 0 Å². The van der Waals surface area contributed by atoms with Crippen LogP contribution in [-0.2, 0) is 22.4 Å². The van der Waals surface area contributed by atoms with Crippen LogP contribution in [0.4, 0.5) is 0 Å². The fraction of sp³-hybridized carbons (Fsp3) is 0.308. The number of nitrogens with one attached hydrogen (secondary N) is 1. The Morgan fingerprint density at radius 3 is 2.76 bits per heavy atom. The predicted molar refractivity (Wildman–Crippen MR) is 61.8 cm³/mol. The molecule has 0 fully saturated rings. The van der Waals surface area contributed by atoms with Gasteiger partial charge in [0.2, 0.25) is 0 Å². The standard InChI is InChI=1S/C13H13NO3/c15-4-3-14-13(17)11-2-1-10-5-9(8-16)6-12(10)7-11/h1-2,4,7-9H,3,5-6H2,(H,14,17). The molecule has 0 radical (unpaired) electrons. The molecule has 4 heteroatoms. The molecule has 0 bridgehead atoms. The van der Waals surface area contributed by atoms with E-state index < -0.39 is 0 Å². The Hall–Kier alpha value is -1.97. The molecule has 1 unspecified atom stereocenters. The van der Waals surface area contributed by atoms with Gasteiger partial charge in [0.25, 0.3) is 5.91 Å². The molecule has 1 atom stereocenters. The molecule has 1 aromatic carbocycles. The number of amides is 1. The molecule has 0 aliphatic heterocycles. The third-order valence-corrected chi connectivity index (χ3v) is 2.97. The van der Waals surface area contributed by atoms with Crippen molar-refractivity contribution in [3.8, 4) is 0 Å². The second kappa shape index (κ2) is 4.91. The van der Waals surface area contributed by atoms with Crippen LogP contribution in [0.25, 0.3) is 0 Å². The lowest BCUT2D eigenvalue weighted by molar-refractivity contribution is -0.110.